The highest BCUT2D eigenvalue weighted by molar-refractivity contribution is 5.72. The van der Waals surface area contributed by atoms with Gasteiger partial charge in [0, 0.05) is 12.6 Å². The smallest absolute Gasteiger partial charge is 0.202 e. The van der Waals surface area contributed by atoms with Crippen molar-refractivity contribution >= 4 is 11.1 Å². The average molecular weight is 262 g/mol. The van der Waals surface area contributed by atoms with Crippen molar-refractivity contribution in [3.8, 4) is 0 Å². The van der Waals surface area contributed by atoms with Crippen LogP contribution in [-0.4, -0.2) is 11.5 Å². The average Bonchev–Trinajstić information content (AvgIpc) is 2.69. The van der Waals surface area contributed by atoms with Crippen molar-refractivity contribution in [1.29, 1.82) is 0 Å². The van der Waals surface area contributed by atoms with Gasteiger partial charge in [-0.1, -0.05) is 25.7 Å². The van der Waals surface area contributed by atoms with Crippen molar-refractivity contribution in [1.82, 2.24) is 4.98 Å². The number of hydrogen-bond acceptors (Lipinski definition) is 3. The van der Waals surface area contributed by atoms with Gasteiger partial charge in [0.15, 0.2) is 5.58 Å². The lowest BCUT2D eigenvalue weighted by molar-refractivity contribution is 0.300. The highest BCUT2D eigenvalue weighted by Gasteiger charge is 2.36. The molecule has 1 heterocycles. The molecule has 0 saturated heterocycles. The van der Waals surface area contributed by atoms with E-state index in [9.17, 15) is 4.39 Å². The SMILES string of the molecule is NCC1(c2nc3cc(F)ccc3o2)CCCCCC1. The van der Waals surface area contributed by atoms with Crippen molar-refractivity contribution < 1.29 is 8.81 Å². The molecule has 3 nitrogen and oxygen atoms in total. The normalized spacial score (nSPS) is 19.5. The number of benzene rings is 1. The van der Waals surface area contributed by atoms with E-state index in [0.717, 1.165) is 25.7 Å². The summed E-state index contributed by atoms with van der Waals surface area (Å²) in [5, 5.41) is 0. The first-order valence-electron chi connectivity index (χ1n) is 7.00. The summed E-state index contributed by atoms with van der Waals surface area (Å²) in [6.07, 6.45) is 6.83. The van der Waals surface area contributed by atoms with Crippen molar-refractivity contribution in [3.05, 3.63) is 29.9 Å². The van der Waals surface area contributed by atoms with Crippen LogP contribution in [0.2, 0.25) is 0 Å². The topological polar surface area (TPSA) is 52.0 Å². The summed E-state index contributed by atoms with van der Waals surface area (Å²) in [5.41, 5.74) is 7.09. The molecule has 1 aliphatic rings. The third-order valence-corrected chi connectivity index (χ3v) is 4.25. The van der Waals surface area contributed by atoms with Gasteiger partial charge in [0.1, 0.15) is 11.3 Å². The van der Waals surface area contributed by atoms with Gasteiger partial charge in [-0.2, -0.15) is 0 Å². The lowest BCUT2D eigenvalue weighted by Gasteiger charge is -2.27. The minimum absolute atomic E-state index is 0.161. The number of halogens is 1. The van der Waals surface area contributed by atoms with Gasteiger partial charge in [-0.15, -0.1) is 0 Å². The van der Waals surface area contributed by atoms with Gasteiger partial charge < -0.3 is 10.2 Å². The van der Waals surface area contributed by atoms with Crippen molar-refractivity contribution in [3.63, 3.8) is 0 Å². The Hall–Kier alpha value is -1.42. The molecule has 0 atom stereocenters. The van der Waals surface area contributed by atoms with Crippen LogP contribution in [0.3, 0.4) is 0 Å². The van der Waals surface area contributed by atoms with Gasteiger partial charge in [0.2, 0.25) is 5.89 Å². The van der Waals surface area contributed by atoms with Crippen LogP contribution < -0.4 is 5.73 Å². The lowest BCUT2D eigenvalue weighted by atomic mass is 9.80. The zero-order valence-electron chi connectivity index (χ0n) is 11.0. The standard InChI is InChI=1S/C15H19FN2O/c16-11-5-6-13-12(9-11)18-14(19-13)15(10-17)7-3-1-2-4-8-15/h5-6,9H,1-4,7-8,10,17H2. The summed E-state index contributed by atoms with van der Waals surface area (Å²) in [4.78, 5) is 4.50. The van der Waals surface area contributed by atoms with E-state index in [4.69, 9.17) is 10.2 Å². The van der Waals surface area contributed by atoms with Gasteiger partial charge in [-0.3, -0.25) is 0 Å². The summed E-state index contributed by atoms with van der Waals surface area (Å²) in [7, 11) is 0. The van der Waals surface area contributed by atoms with E-state index in [0.29, 0.717) is 23.5 Å². The molecule has 1 fully saturated rings. The van der Waals surface area contributed by atoms with Crippen molar-refractivity contribution in [2.45, 2.75) is 43.9 Å². The van der Waals surface area contributed by atoms with E-state index < -0.39 is 0 Å². The lowest BCUT2D eigenvalue weighted by Crippen LogP contribution is -2.35. The Kier molecular flexibility index (Phi) is 3.27. The quantitative estimate of drug-likeness (QED) is 0.842. The first-order chi connectivity index (χ1) is 9.23. The molecule has 1 aromatic heterocycles. The third kappa shape index (κ3) is 2.25. The first kappa shape index (κ1) is 12.6. The van der Waals surface area contributed by atoms with Crippen LogP contribution in [0.1, 0.15) is 44.4 Å². The van der Waals surface area contributed by atoms with Crippen LogP contribution in [0.15, 0.2) is 22.6 Å². The predicted molar refractivity (Wildman–Crippen MR) is 72.4 cm³/mol. The second-order valence-corrected chi connectivity index (χ2v) is 5.53. The molecule has 102 valence electrons. The van der Waals surface area contributed by atoms with Crippen LogP contribution in [0.5, 0.6) is 0 Å². The Bertz CT molecular complexity index is 571. The zero-order valence-corrected chi connectivity index (χ0v) is 11.0. The maximum atomic E-state index is 13.2. The maximum Gasteiger partial charge on any atom is 0.202 e. The molecule has 2 N–H and O–H groups in total. The summed E-state index contributed by atoms with van der Waals surface area (Å²) >= 11 is 0. The molecule has 1 aliphatic carbocycles. The highest BCUT2D eigenvalue weighted by Crippen LogP contribution is 2.38. The molecule has 0 unspecified atom stereocenters. The van der Waals surface area contributed by atoms with E-state index in [2.05, 4.69) is 4.98 Å². The summed E-state index contributed by atoms with van der Waals surface area (Å²) in [5.74, 6) is 0.410. The van der Waals surface area contributed by atoms with Gasteiger partial charge in [0.05, 0.1) is 5.41 Å². The number of hydrogen-bond donors (Lipinski definition) is 1. The Labute approximate surface area is 112 Å². The van der Waals surface area contributed by atoms with E-state index >= 15 is 0 Å². The molecule has 0 amide bonds. The monoisotopic (exact) mass is 262 g/mol. The second kappa shape index (κ2) is 4.93. The predicted octanol–water partition coefficient (Wildman–Crippen LogP) is 3.52. The molecule has 1 aromatic carbocycles. The van der Waals surface area contributed by atoms with Crippen LogP contribution in [0.25, 0.3) is 11.1 Å². The van der Waals surface area contributed by atoms with Crippen LogP contribution in [-0.2, 0) is 5.41 Å². The van der Waals surface area contributed by atoms with Crippen LogP contribution in [0.4, 0.5) is 4.39 Å². The number of oxazole rings is 1. The fraction of sp³-hybridized carbons (Fsp3) is 0.533. The minimum Gasteiger partial charge on any atom is -0.440 e. The highest BCUT2D eigenvalue weighted by atomic mass is 19.1. The van der Waals surface area contributed by atoms with Gasteiger partial charge in [-0.05, 0) is 25.0 Å². The van der Waals surface area contributed by atoms with E-state index in [1.54, 1.807) is 6.07 Å². The molecule has 0 aliphatic heterocycles. The molecule has 2 aromatic rings. The molecule has 0 radical (unpaired) electrons. The number of rotatable bonds is 2. The number of aromatic nitrogens is 1. The second-order valence-electron chi connectivity index (χ2n) is 5.53. The van der Waals surface area contributed by atoms with Gasteiger partial charge in [-0.25, -0.2) is 9.37 Å². The van der Waals surface area contributed by atoms with Crippen molar-refractivity contribution in [2.75, 3.05) is 6.54 Å². The van der Waals surface area contributed by atoms with Crippen LogP contribution >= 0.6 is 0 Å². The molecule has 19 heavy (non-hydrogen) atoms. The summed E-state index contributed by atoms with van der Waals surface area (Å²) < 4.78 is 19.1. The van der Waals surface area contributed by atoms with Gasteiger partial charge in [0.25, 0.3) is 0 Å². The largest absolute Gasteiger partial charge is 0.440 e. The van der Waals surface area contributed by atoms with E-state index in [1.165, 1.54) is 25.0 Å². The Balaban J connectivity index is 2.04. The molecular weight excluding hydrogens is 243 g/mol. The molecule has 4 heteroatoms. The van der Waals surface area contributed by atoms with Crippen LogP contribution in [0, 0.1) is 5.82 Å². The number of nitrogens with zero attached hydrogens (tertiary/aromatic N) is 1. The Morgan fingerprint density at radius 2 is 1.95 bits per heavy atom. The van der Waals surface area contributed by atoms with Gasteiger partial charge >= 0.3 is 0 Å². The summed E-state index contributed by atoms with van der Waals surface area (Å²) in [6, 6.07) is 4.46. The summed E-state index contributed by atoms with van der Waals surface area (Å²) in [6.45, 7) is 0.544. The molecule has 0 bridgehead atoms. The van der Waals surface area contributed by atoms with E-state index in [-0.39, 0.29) is 11.2 Å². The zero-order chi connectivity index (χ0) is 13.3. The third-order valence-electron chi connectivity index (χ3n) is 4.25. The van der Waals surface area contributed by atoms with Crippen molar-refractivity contribution in [2.24, 2.45) is 5.73 Å². The molecule has 1 saturated carbocycles. The fourth-order valence-corrected chi connectivity index (χ4v) is 3.04. The molecule has 0 spiro atoms. The Morgan fingerprint density at radius 1 is 1.21 bits per heavy atom. The fourth-order valence-electron chi connectivity index (χ4n) is 3.04. The molecule has 3 rings (SSSR count). The first-order valence-corrected chi connectivity index (χ1v) is 7.00. The maximum absolute atomic E-state index is 13.2. The molecular formula is C15H19FN2O. The number of fused-ring (bicyclic) bond motifs is 1. The minimum atomic E-state index is -0.282. The van der Waals surface area contributed by atoms with E-state index in [1.807, 2.05) is 0 Å². The Morgan fingerprint density at radius 3 is 2.63 bits per heavy atom. The number of nitrogens with two attached hydrogens (primary N) is 1.